The van der Waals surface area contributed by atoms with Crippen LogP contribution < -0.4 is 0 Å². The highest BCUT2D eigenvalue weighted by molar-refractivity contribution is 9.11. The number of aryl methyl sites for hydroxylation is 1. The van der Waals surface area contributed by atoms with Gasteiger partial charge in [-0.15, -0.1) is 0 Å². The molecule has 1 aliphatic rings. The Hall–Kier alpha value is -2.37. The van der Waals surface area contributed by atoms with Crippen molar-refractivity contribution in [3.8, 4) is 0 Å². The van der Waals surface area contributed by atoms with E-state index in [2.05, 4.69) is 31.9 Å². The predicted molar refractivity (Wildman–Crippen MR) is 124 cm³/mol. The first-order chi connectivity index (χ1) is 14.4. The van der Waals surface area contributed by atoms with E-state index in [1.807, 2.05) is 49.4 Å². The summed E-state index contributed by atoms with van der Waals surface area (Å²) in [5.41, 5.74) is 3.05. The van der Waals surface area contributed by atoms with Crippen LogP contribution in [0.5, 0.6) is 0 Å². The molecular formula is C25H18Br2O3. The van der Waals surface area contributed by atoms with Gasteiger partial charge in [0.1, 0.15) is 0 Å². The highest BCUT2D eigenvalue weighted by Gasteiger charge is 2.59. The third-order valence-electron chi connectivity index (χ3n) is 5.54. The molecular weight excluding hydrogens is 508 g/mol. The standard InChI is InChI=1S/C25H18Br2O3/c1-15-11-13-17(14-12-15)22(28)21(26)20(16-7-3-2-4-8-16)25(27)23(29)18-9-5-6-10-19(18)24(25)30/h2-14,20-21H,1H3/t20-,21-/m0/s1. The van der Waals surface area contributed by atoms with E-state index in [0.717, 1.165) is 11.1 Å². The number of rotatable bonds is 5. The van der Waals surface area contributed by atoms with Crippen LogP contribution in [0.3, 0.4) is 0 Å². The molecule has 0 spiro atoms. The molecule has 150 valence electrons. The Morgan fingerprint density at radius 3 is 1.83 bits per heavy atom. The number of fused-ring (bicyclic) bond motifs is 1. The van der Waals surface area contributed by atoms with Crippen LogP contribution in [-0.2, 0) is 0 Å². The van der Waals surface area contributed by atoms with Gasteiger partial charge in [0.25, 0.3) is 0 Å². The molecule has 0 saturated heterocycles. The second-order valence-corrected chi connectivity index (χ2v) is 9.67. The number of hydrogen-bond donors (Lipinski definition) is 0. The molecule has 0 radical (unpaired) electrons. The van der Waals surface area contributed by atoms with Gasteiger partial charge in [-0.2, -0.15) is 0 Å². The van der Waals surface area contributed by atoms with Crippen molar-refractivity contribution in [1.29, 1.82) is 0 Å². The second-order valence-electron chi connectivity index (χ2n) is 7.44. The minimum absolute atomic E-state index is 0.181. The van der Waals surface area contributed by atoms with E-state index < -0.39 is 15.1 Å². The monoisotopic (exact) mass is 524 g/mol. The molecule has 0 saturated carbocycles. The summed E-state index contributed by atoms with van der Waals surface area (Å²) in [6.45, 7) is 1.95. The molecule has 0 aromatic heterocycles. The first-order valence-electron chi connectivity index (χ1n) is 9.53. The van der Waals surface area contributed by atoms with Crippen molar-refractivity contribution in [2.45, 2.75) is 22.0 Å². The van der Waals surface area contributed by atoms with Gasteiger partial charge in [-0.3, -0.25) is 14.4 Å². The van der Waals surface area contributed by atoms with Gasteiger partial charge < -0.3 is 0 Å². The lowest BCUT2D eigenvalue weighted by molar-refractivity contribution is 0.0844. The summed E-state index contributed by atoms with van der Waals surface area (Å²) >= 11 is 7.10. The highest BCUT2D eigenvalue weighted by atomic mass is 79.9. The summed E-state index contributed by atoms with van der Waals surface area (Å²) < 4.78 is -1.56. The molecule has 0 heterocycles. The van der Waals surface area contributed by atoms with Crippen molar-refractivity contribution >= 4 is 49.2 Å². The number of carbonyl (C=O) groups excluding carboxylic acids is 3. The minimum Gasteiger partial charge on any atom is -0.293 e. The maximum atomic E-state index is 13.5. The van der Waals surface area contributed by atoms with Crippen LogP contribution in [0, 0.1) is 6.92 Å². The van der Waals surface area contributed by atoms with Gasteiger partial charge in [-0.05, 0) is 12.5 Å². The number of ketones is 3. The van der Waals surface area contributed by atoms with Crippen LogP contribution in [0.25, 0.3) is 0 Å². The first kappa shape index (κ1) is 20.9. The summed E-state index contributed by atoms with van der Waals surface area (Å²) in [6, 6.07) is 23.3. The molecule has 2 atom stereocenters. The zero-order valence-electron chi connectivity index (χ0n) is 16.1. The van der Waals surface area contributed by atoms with Crippen LogP contribution in [0.15, 0.2) is 78.9 Å². The Bertz CT molecular complexity index is 1100. The van der Waals surface area contributed by atoms with Crippen LogP contribution in [-0.4, -0.2) is 26.5 Å². The van der Waals surface area contributed by atoms with Crippen LogP contribution >= 0.6 is 31.9 Å². The Balaban J connectivity index is 1.84. The molecule has 1 aliphatic carbocycles. The van der Waals surface area contributed by atoms with Crippen molar-refractivity contribution in [3.05, 3.63) is 107 Å². The molecule has 0 fully saturated rings. The summed E-state index contributed by atoms with van der Waals surface area (Å²) in [6.07, 6.45) is 0. The van der Waals surface area contributed by atoms with Crippen molar-refractivity contribution < 1.29 is 14.4 Å². The third kappa shape index (κ3) is 3.30. The van der Waals surface area contributed by atoms with Gasteiger partial charge in [-0.1, -0.05) is 116 Å². The quantitative estimate of drug-likeness (QED) is 0.235. The average Bonchev–Trinajstić information content (AvgIpc) is 2.96. The number of benzene rings is 3. The fourth-order valence-electron chi connectivity index (χ4n) is 3.95. The molecule has 3 nitrogen and oxygen atoms in total. The molecule has 30 heavy (non-hydrogen) atoms. The van der Waals surface area contributed by atoms with E-state index in [0.29, 0.717) is 16.7 Å². The van der Waals surface area contributed by atoms with Crippen molar-refractivity contribution in [3.63, 3.8) is 0 Å². The molecule has 3 aromatic rings. The topological polar surface area (TPSA) is 51.2 Å². The lowest BCUT2D eigenvalue weighted by atomic mass is 9.78. The molecule has 4 rings (SSSR count). The summed E-state index contributed by atoms with van der Waals surface area (Å²) in [4.78, 5) is 39.5. The van der Waals surface area contributed by atoms with Crippen molar-refractivity contribution in [2.75, 3.05) is 0 Å². The summed E-state index contributed by atoms with van der Waals surface area (Å²) in [7, 11) is 0. The fourth-order valence-corrected chi connectivity index (χ4v) is 6.22. The number of carbonyl (C=O) groups is 3. The van der Waals surface area contributed by atoms with E-state index in [1.54, 1.807) is 36.4 Å². The van der Waals surface area contributed by atoms with Crippen LogP contribution in [0.1, 0.15) is 48.1 Å². The van der Waals surface area contributed by atoms with Gasteiger partial charge in [-0.25, -0.2) is 0 Å². The maximum Gasteiger partial charge on any atom is 0.188 e. The fraction of sp³-hybridized carbons (Fsp3) is 0.160. The minimum atomic E-state index is -1.56. The Labute approximate surface area is 191 Å². The zero-order chi connectivity index (χ0) is 21.5. The molecule has 0 aliphatic heterocycles. The largest absolute Gasteiger partial charge is 0.293 e. The van der Waals surface area contributed by atoms with Crippen molar-refractivity contribution in [1.82, 2.24) is 0 Å². The zero-order valence-corrected chi connectivity index (χ0v) is 19.3. The SMILES string of the molecule is Cc1ccc(C(=O)[C@@H](Br)[C@H](c2ccccc2)C2(Br)C(=O)c3ccccc3C2=O)cc1. The van der Waals surface area contributed by atoms with Crippen LogP contribution in [0.4, 0.5) is 0 Å². The van der Waals surface area contributed by atoms with Gasteiger partial charge in [0.15, 0.2) is 21.7 Å². The Morgan fingerprint density at radius 2 is 1.30 bits per heavy atom. The first-order valence-corrected chi connectivity index (χ1v) is 11.2. The number of Topliss-reactive ketones (excluding diaryl/α,β-unsaturated/α-hetero) is 3. The molecule has 0 bridgehead atoms. The number of halogens is 2. The highest BCUT2D eigenvalue weighted by Crippen LogP contribution is 2.49. The molecule has 0 N–H and O–H groups in total. The molecule has 0 amide bonds. The lowest BCUT2D eigenvalue weighted by Gasteiger charge is -2.33. The van der Waals surface area contributed by atoms with Gasteiger partial charge in [0.05, 0.1) is 4.83 Å². The normalized spacial score (nSPS) is 16.8. The summed E-state index contributed by atoms with van der Waals surface area (Å²) in [5.74, 6) is -1.56. The van der Waals surface area contributed by atoms with Crippen LogP contribution in [0.2, 0.25) is 0 Å². The van der Waals surface area contributed by atoms with Gasteiger partial charge in [0, 0.05) is 22.6 Å². The van der Waals surface area contributed by atoms with Crippen molar-refractivity contribution in [2.24, 2.45) is 0 Å². The third-order valence-corrected chi connectivity index (χ3v) is 7.70. The predicted octanol–water partition coefficient (Wildman–Crippen LogP) is 5.94. The lowest BCUT2D eigenvalue weighted by Crippen LogP contribution is -2.46. The van der Waals surface area contributed by atoms with Gasteiger partial charge >= 0.3 is 0 Å². The summed E-state index contributed by atoms with van der Waals surface area (Å²) in [5, 5.41) is 0. The molecule has 0 unspecified atom stereocenters. The smallest absolute Gasteiger partial charge is 0.188 e. The number of hydrogen-bond acceptors (Lipinski definition) is 3. The van der Waals surface area contributed by atoms with Gasteiger partial charge in [0.2, 0.25) is 0 Å². The second kappa shape index (κ2) is 8.05. The maximum absolute atomic E-state index is 13.5. The number of alkyl halides is 2. The Kier molecular flexibility index (Phi) is 5.60. The van der Waals surface area contributed by atoms with E-state index >= 15 is 0 Å². The molecule has 5 heteroatoms. The van der Waals surface area contributed by atoms with E-state index in [-0.39, 0.29) is 17.3 Å². The van der Waals surface area contributed by atoms with E-state index in [4.69, 9.17) is 0 Å². The Morgan fingerprint density at radius 1 is 0.800 bits per heavy atom. The van der Waals surface area contributed by atoms with E-state index in [9.17, 15) is 14.4 Å². The van der Waals surface area contributed by atoms with E-state index in [1.165, 1.54) is 0 Å². The molecule has 3 aromatic carbocycles. The average molecular weight is 526 g/mol.